The van der Waals surface area contributed by atoms with Crippen molar-refractivity contribution in [3.63, 3.8) is 0 Å². The van der Waals surface area contributed by atoms with Gasteiger partial charge in [-0.25, -0.2) is 0 Å². The van der Waals surface area contributed by atoms with Crippen molar-refractivity contribution in [1.82, 2.24) is 0 Å². The Labute approximate surface area is 134 Å². The van der Waals surface area contributed by atoms with E-state index in [9.17, 15) is 9.59 Å². The number of hydrogen-bond acceptors (Lipinski definition) is 2. The number of hydrogen-bond donors (Lipinski definition) is 0. The second kappa shape index (κ2) is 5.36. The number of amides is 1. The van der Waals surface area contributed by atoms with Crippen LogP contribution in [0.3, 0.4) is 0 Å². The highest BCUT2D eigenvalue weighted by molar-refractivity contribution is 6.14. The van der Waals surface area contributed by atoms with Gasteiger partial charge in [-0.15, -0.1) is 0 Å². The molecule has 1 aliphatic heterocycles. The van der Waals surface area contributed by atoms with E-state index in [1.165, 1.54) is 0 Å². The van der Waals surface area contributed by atoms with Crippen LogP contribution in [0, 0.1) is 0 Å². The van der Waals surface area contributed by atoms with E-state index in [1.54, 1.807) is 4.90 Å². The van der Waals surface area contributed by atoms with E-state index in [2.05, 4.69) is 0 Å². The maximum Gasteiger partial charge on any atom is 0.239 e. The molecule has 0 fully saturated rings. The van der Waals surface area contributed by atoms with Gasteiger partial charge < -0.3 is 0 Å². The maximum atomic E-state index is 12.6. The van der Waals surface area contributed by atoms with Crippen molar-refractivity contribution in [2.45, 2.75) is 12.8 Å². The number of nitrogens with zero attached hydrogens (tertiary/aromatic N) is 1. The average Bonchev–Trinajstić information content (AvgIpc) is 2.70. The zero-order valence-electron chi connectivity index (χ0n) is 12.5. The summed E-state index contributed by atoms with van der Waals surface area (Å²) in [5.41, 5.74) is 2.54. The van der Waals surface area contributed by atoms with Crippen LogP contribution in [0.1, 0.15) is 12.0 Å². The summed E-state index contributed by atoms with van der Waals surface area (Å²) in [7, 11) is 0. The number of fused-ring (bicyclic) bond motifs is 3. The van der Waals surface area contributed by atoms with Crippen LogP contribution >= 0.6 is 0 Å². The van der Waals surface area contributed by atoms with Crippen molar-refractivity contribution in [1.29, 1.82) is 0 Å². The first kappa shape index (κ1) is 13.7. The molecule has 4 rings (SSSR count). The molecule has 0 aliphatic carbocycles. The molecule has 0 spiro atoms. The van der Waals surface area contributed by atoms with Gasteiger partial charge in [0.25, 0.3) is 0 Å². The molecule has 1 aliphatic rings. The lowest BCUT2D eigenvalue weighted by Crippen LogP contribution is -2.26. The third-order valence-electron chi connectivity index (χ3n) is 4.24. The predicted molar refractivity (Wildman–Crippen MR) is 90.9 cm³/mol. The van der Waals surface area contributed by atoms with Gasteiger partial charge in [-0.2, -0.15) is 0 Å². The second-order valence-corrected chi connectivity index (χ2v) is 5.74. The van der Waals surface area contributed by atoms with Crippen LogP contribution < -0.4 is 4.90 Å². The molecular formula is C20H15NO2. The molecule has 3 nitrogen and oxygen atoms in total. The van der Waals surface area contributed by atoms with E-state index in [-0.39, 0.29) is 18.1 Å². The molecule has 3 heteroatoms. The Kier molecular flexibility index (Phi) is 3.19. The highest BCUT2D eigenvalue weighted by Crippen LogP contribution is 2.36. The van der Waals surface area contributed by atoms with Crippen molar-refractivity contribution in [3.05, 3.63) is 72.3 Å². The smallest absolute Gasteiger partial charge is 0.239 e. The molecule has 1 heterocycles. The van der Waals surface area contributed by atoms with Gasteiger partial charge in [-0.3, -0.25) is 14.5 Å². The Bertz CT molecular complexity index is 915. The van der Waals surface area contributed by atoms with E-state index >= 15 is 0 Å². The SMILES string of the molecule is O=C1CC(=O)N(c2ccccc2)c2ccc3ccccc3c2C1. The van der Waals surface area contributed by atoms with Crippen LogP contribution in [0.15, 0.2) is 66.7 Å². The summed E-state index contributed by atoms with van der Waals surface area (Å²) in [6.07, 6.45) is 0.240. The number of benzene rings is 3. The van der Waals surface area contributed by atoms with Crippen LogP contribution in [0.25, 0.3) is 10.8 Å². The van der Waals surface area contributed by atoms with Crippen molar-refractivity contribution in [3.8, 4) is 0 Å². The number of carbonyl (C=O) groups is 2. The largest absolute Gasteiger partial charge is 0.299 e. The minimum atomic E-state index is -0.171. The van der Waals surface area contributed by atoms with Gasteiger partial charge in [0, 0.05) is 12.1 Å². The van der Waals surface area contributed by atoms with E-state index in [4.69, 9.17) is 0 Å². The number of para-hydroxylation sites is 1. The van der Waals surface area contributed by atoms with Gasteiger partial charge in [0.05, 0.1) is 12.1 Å². The first-order valence-corrected chi connectivity index (χ1v) is 7.64. The maximum absolute atomic E-state index is 12.6. The molecule has 0 radical (unpaired) electrons. The summed E-state index contributed by atoms with van der Waals surface area (Å²) in [6, 6.07) is 21.4. The van der Waals surface area contributed by atoms with Crippen LogP contribution in [-0.4, -0.2) is 11.7 Å². The summed E-state index contributed by atoms with van der Waals surface area (Å²) >= 11 is 0. The Morgan fingerprint density at radius 2 is 1.48 bits per heavy atom. The number of rotatable bonds is 1. The van der Waals surface area contributed by atoms with E-state index in [0.717, 1.165) is 27.7 Å². The lowest BCUT2D eigenvalue weighted by molar-refractivity contribution is -0.125. The molecule has 1 amide bonds. The predicted octanol–water partition coefficient (Wildman–Crippen LogP) is 4.02. The van der Waals surface area contributed by atoms with E-state index in [1.807, 2.05) is 66.7 Å². The second-order valence-electron chi connectivity index (χ2n) is 5.74. The molecular weight excluding hydrogens is 286 g/mol. The van der Waals surface area contributed by atoms with Crippen LogP contribution in [0.2, 0.25) is 0 Å². The van der Waals surface area contributed by atoms with Crippen LogP contribution in [0.4, 0.5) is 11.4 Å². The summed E-state index contributed by atoms with van der Waals surface area (Å²) in [5.74, 6) is -0.207. The van der Waals surface area contributed by atoms with Crippen LogP contribution in [-0.2, 0) is 16.0 Å². The van der Waals surface area contributed by atoms with Gasteiger partial charge in [-0.05, 0) is 34.5 Å². The fourth-order valence-corrected chi connectivity index (χ4v) is 3.22. The molecule has 0 N–H and O–H groups in total. The topological polar surface area (TPSA) is 37.4 Å². The summed E-state index contributed by atoms with van der Waals surface area (Å²) in [6.45, 7) is 0. The lowest BCUT2D eigenvalue weighted by Gasteiger charge is -2.23. The van der Waals surface area contributed by atoms with Gasteiger partial charge >= 0.3 is 0 Å². The van der Waals surface area contributed by atoms with E-state index < -0.39 is 0 Å². The number of anilines is 2. The first-order chi connectivity index (χ1) is 11.2. The van der Waals surface area contributed by atoms with Crippen molar-refractivity contribution in [2.75, 3.05) is 4.90 Å². The monoisotopic (exact) mass is 301 g/mol. The van der Waals surface area contributed by atoms with E-state index in [0.29, 0.717) is 6.42 Å². The Morgan fingerprint density at radius 3 is 2.30 bits per heavy atom. The Balaban J connectivity index is 2.01. The number of ketones is 1. The third-order valence-corrected chi connectivity index (χ3v) is 4.24. The highest BCUT2D eigenvalue weighted by atomic mass is 16.2. The molecule has 0 aromatic heterocycles. The van der Waals surface area contributed by atoms with Gasteiger partial charge in [0.15, 0.2) is 0 Å². The molecule has 0 atom stereocenters. The molecule has 3 aromatic carbocycles. The van der Waals surface area contributed by atoms with Gasteiger partial charge in [0.2, 0.25) is 5.91 Å². The van der Waals surface area contributed by atoms with Crippen molar-refractivity contribution < 1.29 is 9.59 Å². The highest BCUT2D eigenvalue weighted by Gasteiger charge is 2.28. The standard InChI is InChI=1S/C20H15NO2/c22-16-12-18-17-9-5-4-6-14(17)10-11-19(18)21(20(23)13-16)15-7-2-1-3-8-15/h1-11H,12-13H2. The molecule has 3 aromatic rings. The zero-order chi connectivity index (χ0) is 15.8. The minimum absolute atomic E-state index is 0.0361. The summed E-state index contributed by atoms with van der Waals surface area (Å²) in [4.78, 5) is 26.5. The Hall–Kier alpha value is -2.94. The van der Waals surface area contributed by atoms with Crippen molar-refractivity contribution >= 4 is 33.8 Å². The third kappa shape index (κ3) is 2.30. The zero-order valence-corrected chi connectivity index (χ0v) is 12.5. The first-order valence-electron chi connectivity index (χ1n) is 7.64. The van der Waals surface area contributed by atoms with Gasteiger partial charge in [0.1, 0.15) is 5.78 Å². The molecule has 112 valence electrons. The minimum Gasteiger partial charge on any atom is -0.299 e. The quantitative estimate of drug-likeness (QED) is 0.637. The molecule has 0 saturated carbocycles. The summed E-state index contributed by atoms with van der Waals surface area (Å²) < 4.78 is 0. The molecule has 0 bridgehead atoms. The summed E-state index contributed by atoms with van der Waals surface area (Å²) in [5, 5.41) is 2.12. The van der Waals surface area contributed by atoms with Crippen LogP contribution in [0.5, 0.6) is 0 Å². The fraction of sp³-hybridized carbons (Fsp3) is 0.100. The Morgan fingerprint density at radius 1 is 0.739 bits per heavy atom. The molecule has 0 unspecified atom stereocenters. The molecule has 0 saturated heterocycles. The average molecular weight is 301 g/mol. The normalized spacial score (nSPS) is 14.7. The van der Waals surface area contributed by atoms with Crippen molar-refractivity contribution in [2.24, 2.45) is 0 Å². The lowest BCUT2D eigenvalue weighted by atomic mass is 9.98. The number of Topliss-reactive ketones (excluding diaryl/α,β-unsaturated/α-hetero) is 1. The van der Waals surface area contributed by atoms with Gasteiger partial charge in [-0.1, -0.05) is 48.5 Å². The number of carbonyl (C=O) groups excluding carboxylic acids is 2. The molecule has 23 heavy (non-hydrogen) atoms. The fourth-order valence-electron chi connectivity index (χ4n) is 3.22.